The van der Waals surface area contributed by atoms with Crippen LogP contribution in [-0.4, -0.2) is 64.7 Å². The van der Waals surface area contributed by atoms with Crippen LogP contribution in [0.5, 0.6) is 0 Å². The smallest absolute Gasteiger partial charge is 0.312 e. The number of allylic oxidation sites excluding steroid dienone is 1. The van der Waals surface area contributed by atoms with Gasteiger partial charge in [-0.05, 0) is 42.2 Å². The fourth-order valence-electron chi connectivity index (χ4n) is 4.80. The van der Waals surface area contributed by atoms with Crippen molar-refractivity contribution in [1.82, 2.24) is 24.8 Å². The minimum absolute atomic E-state index is 0.250. The molecule has 1 fully saturated rings. The Labute approximate surface area is 235 Å². The molecule has 0 saturated carbocycles. The Balaban J connectivity index is 1.35. The molecule has 204 valence electrons. The van der Waals surface area contributed by atoms with Gasteiger partial charge in [0, 0.05) is 84.7 Å². The molecule has 0 amide bonds. The zero-order chi connectivity index (χ0) is 28.1. The lowest BCUT2D eigenvalue weighted by Gasteiger charge is -2.35. The first kappa shape index (κ1) is 27.3. The van der Waals surface area contributed by atoms with Crippen molar-refractivity contribution in [2.75, 3.05) is 37.3 Å². The number of nitrogens with zero attached hydrogens (tertiary/aromatic N) is 6. The van der Waals surface area contributed by atoms with Gasteiger partial charge in [0.05, 0.1) is 17.3 Å². The molecule has 4 aromatic rings. The van der Waals surface area contributed by atoms with Gasteiger partial charge in [-0.2, -0.15) is 19.1 Å². The topological polar surface area (TPSA) is 96.3 Å². The number of aromatic nitrogens is 3. The average Bonchev–Trinajstić information content (AvgIpc) is 3.41. The first-order valence-electron chi connectivity index (χ1n) is 12.7. The molecule has 1 aliphatic rings. The van der Waals surface area contributed by atoms with Crippen molar-refractivity contribution in [3.63, 3.8) is 0 Å². The highest BCUT2D eigenvalue weighted by atomic mass is 32.2. The lowest BCUT2D eigenvalue weighted by atomic mass is 10.0. The summed E-state index contributed by atoms with van der Waals surface area (Å²) >= 11 is 1.74. The van der Waals surface area contributed by atoms with Crippen LogP contribution in [0.2, 0.25) is 0 Å². The maximum absolute atomic E-state index is 12.7. The Morgan fingerprint density at radius 2 is 1.93 bits per heavy atom. The van der Waals surface area contributed by atoms with Gasteiger partial charge >= 0.3 is 6.55 Å². The van der Waals surface area contributed by atoms with Crippen LogP contribution in [0, 0.1) is 16.7 Å². The fraction of sp³-hybridized carbons (Fsp3) is 0.241. The van der Waals surface area contributed by atoms with E-state index in [-0.39, 0.29) is 5.57 Å². The Morgan fingerprint density at radius 3 is 2.55 bits per heavy atom. The molecular formula is C29H28F2N8S. The van der Waals surface area contributed by atoms with Crippen molar-refractivity contribution in [3.8, 4) is 17.2 Å². The summed E-state index contributed by atoms with van der Waals surface area (Å²) in [6.45, 7) is 1.76. The normalized spacial score (nSPS) is 14.5. The van der Waals surface area contributed by atoms with Crippen molar-refractivity contribution >= 4 is 34.9 Å². The number of benzene rings is 1. The van der Waals surface area contributed by atoms with Crippen LogP contribution in [0.4, 0.5) is 14.6 Å². The second-order valence-corrected chi connectivity index (χ2v) is 10.2. The molecular weight excluding hydrogens is 530 g/mol. The number of piperazine rings is 1. The molecule has 0 atom stereocenters. The molecule has 5 rings (SSSR count). The summed E-state index contributed by atoms with van der Waals surface area (Å²) in [4.78, 5) is 10.7. The fourth-order valence-corrected chi connectivity index (χ4v) is 5.21. The highest BCUT2D eigenvalue weighted by Crippen LogP contribution is 2.31. The molecule has 0 unspecified atom stereocenters. The number of nitrogens with one attached hydrogen (secondary N) is 2. The first-order valence-corrected chi connectivity index (χ1v) is 13.9. The van der Waals surface area contributed by atoms with E-state index in [2.05, 4.69) is 51.5 Å². The van der Waals surface area contributed by atoms with Crippen molar-refractivity contribution in [2.24, 2.45) is 0 Å². The van der Waals surface area contributed by atoms with Gasteiger partial charge in [0.2, 0.25) is 0 Å². The zero-order valence-corrected chi connectivity index (χ0v) is 22.7. The third kappa shape index (κ3) is 5.98. The summed E-state index contributed by atoms with van der Waals surface area (Å²) in [6.07, 6.45) is 9.01. The number of alkyl halides is 2. The Bertz CT molecular complexity index is 1550. The third-order valence-electron chi connectivity index (χ3n) is 6.91. The summed E-state index contributed by atoms with van der Waals surface area (Å²) in [7, 11) is 0. The molecule has 0 bridgehead atoms. The molecule has 0 spiro atoms. The van der Waals surface area contributed by atoms with Crippen molar-refractivity contribution in [2.45, 2.75) is 18.0 Å². The van der Waals surface area contributed by atoms with E-state index in [1.54, 1.807) is 30.2 Å². The summed E-state index contributed by atoms with van der Waals surface area (Å²) in [6, 6.07) is 16.6. The van der Waals surface area contributed by atoms with Crippen LogP contribution in [0.3, 0.4) is 0 Å². The van der Waals surface area contributed by atoms with E-state index in [4.69, 9.17) is 10.4 Å². The third-order valence-corrected chi connectivity index (χ3v) is 7.65. The zero-order valence-electron chi connectivity index (χ0n) is 21.9. The number of halogens is 2. The van der Waals surface area contributed by atoms with Crippen molar-refractivity contribution in [3.05, 3.63) is 83.9 Å². The van der Waals surface area contributed by atoms with Crippen molar-refractivity contribution < 1.29 is 8.78 Å². The van der Waals surface area contributed by atoms with E-state index in [1.807, 2.05) is 17.4 Å². The quantitative estimate of drug-likeness (QED) is 0.167. The van der Waals surface area contributed by atoms with Crippen LogP contribution < -0.4 is 10.2 Å². The highest BCUT2D eigenvalue weighted by Gasteiger charge is 2.19. The minimum atomic E-state index is -2.75. The summed E-state index contributed by atoms with van der Waals surface area (Å²) < 4.78 is 27.0. The molecule has 4 heterocycles. The second kappa shape index (κ2) is 12.3. The number of anilines is 1. The first-order chi connectivity index (χ1) is 19.5. The minimum Gasteiger partial charge on any atom is -0.354 e. The van der Waals surface area contributed by atoms with Crippen LogP contribution in [0.15, 0.2) is 72.2 Å². The van der Waals surface area contributed by atoms with E-state index in [0.29, 0.717) is 22.2 Å². The lowest BCUT2D eigenvalue weighted by Crippen LogP contribution is -2.46. The van der Waals surface area contributed by atoms with Gasteiger partial charge in [0.15, 0.2) is 0 Å². The van der Waals surface area contributed by atoms with Gasteiger partial charge in [0.1, 0.15) is 11.9 Å². The van der Waals surface area contributed by atoms with Crippen LogP contribution in [0.25, 0.3) is 22.2 Å². The van der Waals surface area contributed by atoms with Gasteiger partial charge in [-0.25, -0.2) is 9.50 Å². The lowest BCUT2D eigenvalue weighted by molar-refractivity contribution is 0.125. The van der Waals surface area contributed by atoms with Gasteiger partial charge in [-0.1, -0.05) is 12.1 Å². The molecule has 1 aromatic carbocycles. The van der Waals surface area contributed by atoms with E-state index in [1.165, 1.54) is 21.2 Å². The maximum Gasteiger partial charge on any atom is 0.312 e. The number of pyridine rings is 2. The predicted molar refractivity (Wildman–Crippen MR) is 155 cm³/mol. The Hall–Kier alpha value is -4.27. The number of thioether (sulfide) groups is 1. The average molecular weight is 559 g/mol. The molecule has 0 radical (unpaired) electrons. The largest absolute Gasteiger partial charge is 0.354 e. The number of fused-ring (bicyclic) bond motifs is 1. The monoisotopic (exact) mass is 558 g/mol. The number of nitriles is 1. The van der Waals surface area contributed by atoms with E-state index in [9.17, 15) is 14.0 Å². The molecule has 1 aliphatic heterocycles. The van der Waals surface area contributed by atoms with Gasteiger partial charge < -0.3 is 15.6 Å². The van der Waals surface area contributed by atoms with Crippen molar-refractivity contribution in [1.29, 1.82) is 10.7 Å². The Morgan fingerprint density at radius 1 is 1.15 bits per heavy atom. The molecule has 40 heavy (non-hydrogen) atoms. The number of hydrogen-bond donors (Lipinski definition) is 2. The van der Waals surface area contributed by atoms with E-state index >= 15 is 0 Å². The van der Waals surface area contributed by atoms with E-state index < -0.39 is 6.55 Å². The van der Waals surface area contributed by atoms with Crippen LogP contribution in [-0.2, 0) is 6.54 Å². The van der Waals surface area contributed by atoms with Gasteiger partial charge in [-0.3, -0.25) is 4.90 Å². The molecule has 8 nitrogen and oxygen atoms in total. The second-order valence-electron chi connectivity index (χ2n) is 9.33. The molecule has 1 saturated heterocycles. The van der Waals surface area contributed by atoms with Gasteiger partial charge in [-0.15, -0.1) is 11.8 Å². The number of rotatable bonds is 9. The van der Waals surface area contributed by atoms with Crippen LogP contribution >= 0.6 is 11.8 Å². The standard InChI is InChI=1S/C29H28F2N8S/c1-40-25-5-2-20(3-6-25)18-37-8-10-38(11-9-37)27-7-4-21(15-34-27)26-12-22(23(13-32)16-35-29(30)31)19-39-28(26)24(14-33)17-36-39/h2-7,12-13,15-17,19,29,32,35H,8-11,18H2,1H3/b23-16+,32-13?. The van der Waals surface area contributed by atoms with E-state index in [0.717, 1.165) is 56.5 Å². The maximum atomic E-state index is 12.7. The summed E-state index contributed by atoms with van der Waals surface area (Å²) in [5.41, 5.74) is 4.47. The summed E-state index contributed by atoms with van der Waals surface area (Å²) in [5.74, 6) is 0.870. The Kier molecular flexibility index (Phi) is 8.38. The molecule has 0 aliphatic carbocycles. The number of hydrogen-bond acceptors (Lipinski definition) is 8. The highest BCUT2D eigenvalue weighted by molar-refractivity contribution is 7.98. The molecule has 11 heteroatoms. The SMILES string of the molecule is CSc1ccc(CN2CCN(c3ccc(-c4cc(/C(C=N)=C/NC(F)F)cn5ncc(C#N)c45)cn3)CC2)cc1. The predicted octanol–water partition coefficient (Wildman–Crippen LogP) is 5.11. The molecule has 3 aromatic heterocycles. The summed E-state index contributed by atoms with van der Waals surface area (Å²) in [5, 5.41) is 23.6. The molecule has 2 N–H and O–H groups in total. The van der Waals surface area contributed by atoms with Crippen LogP contribution in [0.1, 0.15) is 16.7 Å². The van der Waals surface area contributed by atoms with Gasteiger partial charge in [0.25, 0.3) is 0 Å².